The van der Waals surface area contributed by atoms with Gasteiger partial charge in [-0.1, -0.05) is 12.8 Å². The van der Waals surface area contributed by atoms with Gasteiger partial charge in [-0.25, -0.2) is 4.68 Å². The van der Waals surface area contributed by atoms with Crippen LogP contribution >= 0.6 is 15.9 Å². The van der Waals surface area contributed by atoms with Crippen LogP contribution in [0.15, 0.2) is 15.5 Å². The molecule has 1 saturated heterocycles. The molecule has 1 aromatic heterocycles. The molecule has 3 rings (SSSR count). The lowest BCUT2D eigenvalue weighted by atomic mass is 10.2. The third kappa shape index (κ3) is 2.63. The topological polar surface area (TPSA) is 41.4 Å². The molecule has 6 heteroatoms. The highest BCUT2D eigenvalue weighted by Crippen LogP contribution is 2.27. The zero-order chi connectivity index (χ0) is 14.1. The molecule has 1 aliphatic heterocycles. The van der Waals surface area contributed by atoms with Gasteiger partial charge in [0.2, 0.25) is 0 Å². The zero-order valence-corrected chi connectivity index (χ0v) is 13.5. The molecule has 1 aliphatic carbocycles. The van der Waals surface area contributed by atoms with Crippen LogP contribution in [-0.4, -0.2) is 46.9 Å². The maximum absolute atomic E-state index is 11.9. The maximum Gasteiger partial charge on any atom is 0.282 e. The number of piperazine rings is 1. The van der Waals surface area contributed by atoms with Gasteiger partial charge < -0.3 is 4.90 Å². The number of anilines is 1. The maximum atomic E-state index is 11.9. The van der Waals surface area contributed by atoms with Gasteiger partial charge in [0.25, 0.3) is 5.56 Å². The first-order valence-electron chi connectivity index (χ1n) is 7.37. The number of aryl methyl sites for hydroxylation is 1. The van der Waals surface area contributed by atoms with Gasteiger partial charge in [-0.2, -0.15) is 5.10 Å². The standard InChI is InChI=1S/C14H21BrN4O/c1-17-14(20)13(15)12(10-16-17)19-8-6-18(7-9-19)11-4-2-3-5-11/h10-11H,2-9H2,1H3. The van der Waals surface area contributed by atoms with Crippen molar-refractivity contribution < 1.29 is 0 Å². The van der Waals surface area contributed by atoms with Crippen LogP contribution in [0.4, 0.5) is 5.69 Å². The van der Waals surface area contributed by atoms with E-state index in [-0.39, 0.29) is 5.56 Å². The number of rotatable bonds is 2. The minimum atomic E-state index is -0.0688. The summed E-state index contributed by atoms with van der Waals surface area (Å²) in [7, 11) is 1.68. The molecule has 110 valence electrons. The summed E-state index contributed by atoms with van der Waals surface area (Å²) in [6.45, 7) is 4.13. The van der Waals surface area contributed by atoms with Crippen molar-refractivity contribution in [2.75, 3.05) is 31.1 Å². The second kappa shape index (κ2) is 5.85. The smallest absolute Gasteiger partial charge is 0.282 e. The van der Waals surface area contributed by atoms with E-state index in [0.717, 1.165) is 37.9 Å². The van der Waals surface area contributed by atoms with E-state index in [1.54, 1.807) is 13.2 Å². The number of hydrogen-bond donors (Lipinski definition) is 0. The molecule has 0 amide bonds. The Morgan fingerprint density at radius 1 is 1.20 bits per heavy atom. The molecular weight excluding hydrogens is 320 g/mol. The Balaban J connectivity index is 1.69. The highest BCUT2D eigenvalue weighted by atomic mass is 79.9. The Labute approximate surface area is 127 Å². The Hall–Kier alpha value is -0.880. The Kier molecular flexibility index (Phi) is 4.12. The molecule has 0 spiro atoms. The molecular formula is C14H21BrN4O. The van der Waals surface area contributed by atoms with Gasteiger partial charge in [0, 0.05) is 39.3 Å². The monoisotopic (exact) mass is 340 g/mol. The second-order valence-electron chi connectivity index (χ2n) is 5.73. The van der Waals surface area contributed by atoms with Gasteiger partial charge in [-0.15, -0.1) is 0 Å². The van der Waals surface area contributed by atoms with Crippen molar-refractivity contribution in [2.45, 2.75) is 31.7 Å². The summed E-state index contributed by atoms with van der Waals surface area (Å²) in [5, 5.41) is 4.13. The van der Waals surface area contributed by atoms with Crippen molar-refractivity contribution in [1.82, 2.24) is 14.7 Å². The third-order valence-electron chi connectivity index (χ3n) is 4.56. The zero-order valence-electron chi connectivity index (χ0n) is 11.9. The number of aromatic nitrogens is 2. The van der Waals surface area contributed by atoms with Crippen LogP contribution in [0.25, 0.3) is 0 Å². The van der Waals surface area contributed by atoms with Crippen molar-refractivity contribution in [2.24, 2.45) is 7.05 Å². The quantitative estimate of drug-likeness (QED) is 0.820. The van der Waals surface area contributed by atoms with E-state index >= 15 is 0 Å². The Bertz CT molecular complexity index is 530. The fourth-order valence-electron chi connectivity index (χ4n) is 3.32. The molecule has 1 aromatic rings. The molecule has 5 nitrogen and oxygen atoms in total. The van der Waals surface area contributed by atoms with E-state index in [1.807, 2.05) is 0 Å². The third-order valence-corrected chi connectivity index (χ3v) is 5.30. The first-order chi connectivity index (χ1) is 9.66. The lowest BCUT2D eigenvalue weighted by molar-refractivity contribution is 0.187. The second-order valence-corrected chi connectivity index (χ2v) is 6.53. The first kappa shape index (κ1) is 14.1. The predicted octanol–water partition coefficient (Wildman–Crippen LogP) is 1.61. The highest BCUT2D eigenvalue weighted by Gasteiger charge is 2.27. The van der Waals surface area contributed by atoms with Gasteiger partial charge in [0.15, 0.2) is 0 Å². The van der Waals surface area contributed by atoms with E-state index in [9.17, 15) is 4.79 Å². The minimum absolute atomic E-state index is 0.0688. The first-order valence-corrected chi connectivity index (χ1v) is 8.17. The summed E-state index contributed by atoms with van der Waals surface area (Å²) in [5.74, 6) is 0. The van der Waals surface area contributed by atoms with Crippen molar-refractivity contribution in [1.29, 1.82) is 0 Å². The summed E-state index contributed by atoms with van der Waals surface area (Å²) in [6, 6.07) is 0.794. The Morgan fingerprint density at radius 2 is 1.85 bits per heavy atom. The van der Waals surface area contributed by atoms with E-state index in [2.05, 4.69) is 30.8 Å². The molecule has 0 N–H and O–H groups in total. The van der Waals surface area contributed by atoms with Gasteiger partial charge in [-0.3, -0.25) is 9.69 Å². The SMILES string of the molecule is Cn1ncc(N2CCN(C3CCCC3)CC2)c(Br)c1=O. The lowest BCUT2D eigenvalue weighted by Crippen LogP contribution is -2.50. The summed E-state index contributed by atoms with van der Waals surface area (Å²) >= 11 is 3.42. The fraction of sp³-hybridized carbons (Fsp3) is 0.714. The molecule has 2 heterocycles. The van der Waals surface area contributed by atoms with Crippen LogP contribution in [0.5, 0.6) is 0 Å². The van der Waals surface area contributed by atoms with Crippen LogP contribution in [0.2, 0.25) is 0 Å². The highest BCUT2D eigenvalue weighted by molar-refractivity contribution is 9.10. The number of hydrogen-bond acceptors (Lipinski definition) is 4. The van der Waals surface area contributed by atoms with Crippen LogP contribution in [0.3, 0.4) is 0 Å². The molecule has 0 bridgehead atoms. The van der Waals surface area contributed by atoms with E-state index < -0.39 is 0 Å². The number of halogens is 1. The minimum Gasteiger partial charge on any atom is -0.367 e. The van der Waals surface area contributed by atoms with Gasteiger partial charge >= 0.3 is 0 Å². The molecule has 1 saturated carbocycles. The van der Waals surface area contributed by atoms with Crippen LogP contribution in [-0.2, 0) is 7.05 Å². The van der Waals surface area contributed by atoms with Gasteiger partial charge in [0.1, 0.15) is 4.47 Å². The fourth-order valence-corrected chi connectivity index (χ4v) is 3.93. The molecule has 0 aromatic carbocycles. The van der Waals surface area contributed by atoms with E-state index in [1.165, 1.54) is 30.4 Å². The molecule has 2 fully saturated rings. The molecule has 20 heavy (non-hydrogen) atoms. The average Bonchev–Trinajstić information content (AvgIpc) is 3.00. The predicted molar refractivity (Wildman–Crippen MR) is 83.2 cm³/mol. The van der Waals surface area contributed by atoms with Crippen LogP contribution in [0.1, 0.15) is 25.7 Å². The van der Waals surface area contributed by atoms with Crippen molar-refractivity contribution in [3.8, 4) is 0 Å². The normalized spacial score (nSPS) is 21.6. The van der Waals surface area contributed by atoms with Gasteiger partial charge in [0.05, 0.1) is 11.9 Å². The van der Waals surface area contributed by atoms with Crippen molar-refractivity contribution in [3.63, 3.8) is 0 Å². The van der Waals surface area contributed by atoms with Gasteiger partial charge in [-0.05, 0) is 28.8 Å². The number of nitrogens with zero attached hydrogens (tertiary/aromatic N) is 4. The summed E-state index contributed by atoms with van der Waals surface area (Å²) in [4.78, 5) is 16.8. The summed E-state index contributed by atoms with van der Waals surface area (Å²) < 4.78 is 1.99. The van der Waals surface area contributed by atoms with Crippen LogP contribution < -0.4 is 10.5 Å². The van der Waals surface area contributed by atoms with Crippen molar-refractivity contribution >= 4 is 21.6 Å². The summed E-state index contributed by atoms with van der Waals surface area (Å²) in [6.07, 6.45) is 7.27. The molecule has 0 unspecified atom stereocenters. The lowest BCUT2D eigenvalue weighted by Gasteiger charge is -2.39. The molecule has 2 aliphatic rings. The Morgan fingerprint density at radius 3 is 2.50 bits per heavy atom. The molecule has 0 atom stereocenters. The van der Waals surface area contributed by atoms with E-state index in [0.29, 0.717) is 4.47 Å². The molecule has 0 radical (unpaired) electrons. The van der Waals surface area contributed by atoms with Crippen molar-refractivity contribution in [3.05, 3.63) is 21.0 Å². The van der Waals surface area contributed by atoms with E-state index in [4.69, 9.17) is 0 Å². The largest absolute Gasteiger partial charge is 0.367 e. The summed E-state index contributed by atoms with van der Waals surface area (Å²) in [5.41, 5.74) is 0.861. The van der Waals surface area contributed by atoms with Crippen LogP contribution in [0, 0.1) is 0 Å². The average molecular weight is 341 g/mol.